The fraction of sp³-hybridized carbons (Fsp3) is 0.286. The van der Waals surface area contributed by atoms with Crippen LogP contribution in [0.25, 0.3) is 0 Å². The first kappa shape index (κ1) is 11.0. The fourth-order valence-corrected chi connectivity index (χ4v) is 1.91. The fourth-order valence-electron chi connectivity index (χ4n) is 1.91. The lowest BCUT2D eigenvalue weighted by Gasteiger charge is -2.06. The van der Waals surface area contributed by atoms with Crippen molar-refractivity contribution >= 4 is 5.82 Å². The molecule has 0 aliphatic heterocycles. The molecule has 92 valence electrons. The van der Waals surface area contributed by atoms with Crippen LogP contribution >= 0.6 is 0 Å². The van der Waals surface area contributed by atoms with Crippen molar-refractivity contribution in [1.29, 1.82) is 0 Å². The van der Waals surface area contributed by atoms with Crippen molar-refractivity contribution in [3.8, 4) is 0 Å². The third-order valence-corrected chi connectivity index (χ3v) is 3.04. The summed E-state index contributed by atoms with van der Waals surface area (Å²) in [6.07, 6.45) is 2.26. The lowest BCUT2D eigenvalue weighted by Crippen LogP contribution is -2.13. The second-order valence-corrected chi connectivity index (χ2v) is 4.63. The number of H-pyrrole nitrogens is 1. The Bertz CT molecular complexity index is 587. The van der Waals surface area contributed by atoms with Crippen LogP contribution in [0.5, 0.6) is 0 Å². The number of nitrogens with zero attached hydrogens (tertiary/aromatic N) is 1. The highest BCUT2D eigenvalue weighted by Crippen LogP contribution is 2.37. The topological polar surface area (TPSA) is 57.8 Å². The first-order chi connectivity index (χ1) is 8.81. The van der Waals surface area contributed by atoms with Crippen LogP contribution in [0, 0.1) is 0 Å². The highest BCUT2D eigenvalue weighted by molar-refractivity contribution is 5.35. The Labute approximate surface area is 105 Å². The molecule has 4 nitrogen and oxygen atoms in total. The quantitative estimate of drug-likeness (QED) is 0.863. The summed E-state index contributed by atoms with van der Waals surface area (Å²) >= 11 is 0. The molecule has 18 heavy (non-hydrogen) atoms. The van der Waals surface area contributed by atoms with E-state index in [1.54, 1.807) is 0 Å². The minimum atomic E-state index is -0.0811. The van der Waals surface area contributed by atoms with Crippen molar-refractivity contribution in [3.05, 3.63) is 58.1 Å². The lowest BCUT2D eigenvalue weighted by atomic mass is 10.2. The summed E-state index contributed by atoms with van der Waals surface area (Å²) in [5.41, 5.74) is 1.09. The van der Waals surface area contributed by atoms with Crippen LogP contribution in [0.2, 0.25) is 0 Å². The number of rotatable bonds is 4. The summed E-state index contributed by atoms with van der Waals surface area (Å²) in [6, 6.07) is 11.6. The molecule has 0 saturated heterocycles. The standard InChI is InChI=1S/C14H15N3O/c18-13-8-12(16-14(17-13)11-6-7-11)15-9-10-4-2-1-3-5-10/h1-5,8,11H,6-7,9H2,(H2,15,16,17,18). The van der Waals surface area contributed by atoms with E-state index in [9.17, 15) is 4.79 Å². The predicted molar refractivity (Wildman–Crippen MR) is 70.6 cm³/mol. The van der Waals surface area contributed by atoms with E-state index in [2.05, 4.69) is 15.3 Å². The van der Waals surface area contributed by atoms with Crippen molar-refractivity contribution in [2.24, 2.45) is 0 Å². The summed E-state index contributed by atoms with van der Waals surface area (Å²) in [5, 5.41) is 3.19. The number of aromatic amines is 1. The van der Waals surface area contributed by atoms with Gasteiger partial charge in [0.05, 0.1) is 0 Å². The van der Waals surface area contributed by atoms with Gasteiger partial charge < -0.3 is 10.3 Å². The molecule has 1 aromatic carbocycles. The molecule has 0 bridgehead atoms. The highest BCUT2D eigenvalue weighted by Gasteiger charge is 2.26. The molecular formula is C14H15N3O. The molecule has 1 aliphatic carbocycles. The Morgan fingerprint density at radius 1 is 1.28 bits per heavy atom. The summed E-state index contributed by atoms with van der Waals surface area (Å²) in [7, 11) is 0. The number of anilines is 1. The highest BCUT2D eigenvalue weighted by atomic mass is 16.1. The molecule has 0 atom stereocenters. The molecular weight excluding hydrogens is 226 g/mol. The van der Waals surface area contributed by atoms with Crippen molar-refractivity contribution in [3.63, 3.8) is 0 Å². The number of benzene rings is 1. The van der Waals surface area contributed by atoms with Gasteiger partial charge in [0.1, 0.15) is 11.6 Å². The summed E-state index contributed by atoms with van der Waals surface area (Å²) in [5.74, 6) is 1.93. The van der Waals surface area contributed by atoms with E-state index >= 15 is 0 Å². The van der Waals surface area contributed by atoms with Crippen molar-refractivity contribution in [2.45, 2.75) is 25.3 Å². The molecule has 0 radical (unpaired) electrons. The molecule has 4 heteroatoms. The van der Waals surface area contributed by atoms with Crippen LogP contribution in [-0.4, -0.2) is 9.97 Å². The van der Waals surface area contributed by atoms with Gasteiger partial charge in [-0.15, -0.1) is 0 Å². The Morgan fingerprint density at radius 2 is 2.06 bits per heavy atom. The van der Waals surface area contributed by atoms with Gasteiger partial charge >= 0.3 is 0 Å². The molecule has 1 saturated carbocycles. The molecule has 0 amide bonds. The SMILES string of the molecule is O=c1cc(NCc2ccccc2)nc(C2CC2)[nH]1. The maximum absolute atomic E-state index is 11.5. The molecule has 1 heterocycles. The lowest BCUT2D eigenvalue weighted by molar-refractivity contribution is 0.903. The van der Waals surface area contributed by atoms with Gasteiger partial charge in [-0.3, -0.25) is 4.79 Å². The average molecular weight is 241 g/mol. The Morgan fingerprint density at radius 3 is 2.78 bits per heavy atom. The molecule has 0 spiro atoms. The molecule has 2 N–H and O–H groups in total. The van der Waals surface area contributed by atoms with Gasteiger partial charge in [0, 0.05) is 18.5 Å². The van der Waals surface area contributed by atoms with E-state index in [0.29, 0.717) is 18.3 Å². The predicted octanol–water partition coefficient (Wildman–Crippen LogP) is 2.26. The zero-order chi connectivity index (χ0) is 12.4. The maximum atomic E-state index is 11.5. The minimum absolute atomic E-state index is 0.0811. The van der Waals surface area contributed by atoms with Crippen LogP contribution in [0.15, 0.2) is 41.2 Å². The number of hydrogen-bond donors (Lipinski definition) is 2. The smallest absolute Gasteiger partial charge is 0.252 e. The van der Waals surface area contributed by atoms with E-state index in [1.807, 2.05) is 30.3 Å². The molecule has 3 rings (SSSR count). The van der Waals surface area contributed by atoms with Gasteiger partial charge in [-0.1, -0.05) is 30.3 Å². The van der Waals surface area contributed by atoms with E-state index < -0.39 is 0 Å². The average Bonchev–Trinajstić information content (AvgIpc) is 3.21. The number of nitrogens with one attached hydrogen (secondary N) is 2. The van der Waals surface area contributed by atoms with Gasteiger partial charge in [0.25, 0.3) is 5.56 Å². The van der Waals surface area contributed by atoms with Crippen molar-refractivity contribution in [1.82, 2.24) is 9.97 Å². The first-order valence-corrected chi connectivity index (χ1v) is 6.20. The van der Waals surface area contributed by atoms with Crippen molar-refractivity contribution in [2.75, 3.05) is 5.32 Å². The molecule has 2 aromatic rings. The molecule has 0 unspecified atom stereocenters. The van der Waals surface area contributed by atoms with E-state index in [-0.39, 0.29) is 5.56 Å². The second kappa shape index (κ2) is 4.64. The maximum Gasteiger partial charge on any atom is 0.252 e. The largest absolute Gasteiger partial charge is 0.366 e. The van der Waals surface area contributed by atoms with Gasteiger partial charge in [-0.25, -0.2) is 4.98 Å². The zero-order valence-corrected chi connectivity index (χ0v) is 10.0. The van der Waals surface area contributed by atoms with Crippen molar-refractivity contribution < 1.29 is 0 Å². The Hall–Kier alpha value is -2.10. The van der Waals surface area contributed by atoms with Gasteiger partial charge in [0.15, 0.2) is 0 Å². The second-order valence-electron chi connectivity index (χ2n) is 4.63. The third-order valence-electron chi connectivity index (χ3n) is 3.04. The zero-order valence-electron chi connectivity index (χ0n) is 10.0. The Kier molecular flexibility index (Phi) is 2.84. The van der Waals surface area contributed by atoms with Crippen LogP contribution in [0.3, 0.4) is 0 Å². The third kappa shape index (κ3) is 2.59. The monoisotopic (exact) mass is 241 g/mol. The van der Waals surface area contributed by atoms with Gasteiger partial charge in [0.2, 0.25) is 0 Å². The summed E-state index contributed by atoms with van der Waals surface area (Å²) in [4.78, 5) is 18.8. The van der Waals surface area contributed by atoms with Crippen LogP contribution < -0.4 is 10.9 Å². The normalized spacial score (nSPS) is 14.4. The molecule has 1 fully saturated rings. The van der Waals surface area contributed by atoms with Crippen LogP contribution in [0.1, 0.15) is 30.1 Å². The van der Waals surface area contributed by atoms with Crippen LogP contribution in [-0.2, 0) is 6.54 Å². The summed E-state index contributed by atoms with van der Waals surface area (Å²) < 4.78 is 0. The number of aromatic nitrogens is 2. The first-order valence-electron chi connectivity index (χ1n) is 6.20. The van der Waals surface area contributed by atoms with Gasteiger partial charge in [-0.2, -0.15) is 0 Å². The summed E-state index contributed by atoms with van der Waals surface area (Å²) in [6.45, 7) is 0.682. The minimum Gasteiger partial charge on any atom is -0.366 e. The van der Waals surface area contributed by atoms with Crippen LogP contribution in [0.4, 0.5) is 5.82 Å². The van der Waals surface area contributed by atoms with E-state index in [1.165, 1.54) is 11.6 Å². The van der Waals surface area contributed by atoms with E-state index in [4.69, 9.17) is 0 Å². The Balaban J connectivity index is 1.74. The molecule has 1 aromatic heterocycles. The number of hydrogen-bond acceptors (Lipinski definition) is 3. The van der Waals surface area contributed by atoms with Gasteiger partial charge in [-0.05, 0) is 18.4 Å². The van der Waals surface area contributed by atoms with E-state index in [0.717, 1.165) is 18.7 Å². The molecule has 1 aliphatic rings.